The summed E-state index contributed by atoms with van der Waals surface area (Å²) in [6.45, 7) is 8.33. The van der Waals surface area contributed by atoms with Gasteiger partial charge in [0.05, 0.1) is 5.75 Å². The van der Waals surface area contributed by atoms with Crippen LogP contribution in [0.1, 0.15) is 12.6 Å². The van der Waals surface area contributed by atoms with Crippen LogP contribution in [-0.4, -0.2) is 31.4 Å². The topological polar surface area (TPSA) is 68.0 Å². The van der Waals surface area contributed by atoms with Crippen molar-refractivity contribution in [3.05, 3.63) is 30.0 Å². The molecule has 5 nitrogen and oxygen atoms in total. The predicted octanol–water partition coefficient (Wildman–Crippen LogP) is 2.49. The number of thioether (sulfide) groups is 1. The predicted molar refractivity (Wildman–Crippen MR) is 75.4 cm³/mol. The van der Waals surface area contributed by atoms with E-state index in [-0.39, 0.29) is 5.75 Å². The molecule has 0 aliphatic rings. The Labute approximate surface area is 115 Å². The second-order valence-corrected chi connectivity index (χ2v) is 5.36. The Balaban J connectivity index is 2.48. The molecular weight excluding hydrogens is 262 g/mol. The first-order valence-corrected chi connectivity index (χ1v) is 6.79. The van der Waals surface area contributed by atoms with E-state index >= 15 is 0 Å². The highest BCUT2D eigenvalue weighted by atomic mass is 32.2. The fourth-order valence-corrected chi connectivity index (χ4v) is 2.45. The van der Waals surface area contributed by atoms with Gasteiger partial charge in [-0.2, -0.15) is 0 Å². The van der Waals surface area contributed by atoms with Gasteiger partial charge < -0.3 is 5.11 Å². The SMILES string of the molecule is C=C(C)Cn1c(SCC(=O)O)nc2ccc(C)nc21. The molecule has 0 aliphatic carbocycles. The van der Waals surface area contributed by atoms with E-state index in [0.717, 1.165) is 22.4 Å². The third-order valence-corrected chi connectivity index (χ3v) is 3.41. The quantitative estimate of drug-likeness (QED) is 0.671. The molecule has 2 aromatic heterocycles. The van der Waals surface area contributed by atoms with Crippen molar-refractivity contribution in [3.8, 4) is 0 Å². The second-order valence-electron chi connectivity index (χ2n) is 4.42. The van der Waals surface area contributed by atoms with E-state index in [9.17, 15) is 4.79 Å². The lowest BCUT2D eigenvalue weighted by Gasteiger charge is -2.07. The molecule has 0 amide bonds. The largest absolute Gasteiger partial charge is 0.481 e. The van der Waals surface area contributed by atoms with Crippen LogP contribution < -0.4 is 0 Å². The van der Waals surface area contributed by atoms with Crippen molar-refractivity contribution >= 4 is 28.9 Å². The molecule has 6 heteroatoms. The molecule has 0 spiro atoms. The third kappa shape index (κ3) is 3.14. The van der Waals surface area contributed by atoms with Crippen LogP contribution in [0, 0.1) is 6.92 Å². The van der Waals surface area contributed by atoms with Crippen LogP contribution in [0.2, 0.25) is 0 Å². The van der Waals surface area contributed by atoms with Crippen molar-refractivity contribution in [2.24, 2.45) is 0 Å². The Morgan fingerprint density at radius 2 is 2.21 bits per heavy atom. The van der Waals surface area contributed by atoms with E-state index < -0.39 is 5.97 Å². The van der Waals surface area contributed by atoms with Crippen LogP contribution in [0.5, 0.6) is 0 Å². The number of nitrogens with zero attached hydrogens (tertiary/aromatic N) is 3. The first-order chi connectivity index (χ1) is 8.97. The molecule has 2 rings (SSSR count). The van der Waals surface area contributed by atoms with E-state index in [1.807, 2.05) is 30.5 Å². The number of allylic oxidation sites excluding steroid dienone is 1. The lowest BCUT2D eigenvalue weighted by Crippen LogP contribution is -2.04. The summed E-state index contributed by atoms with van der Waals surface area (Å²) in [5, 5.41) is 9.44. The van der Waals surface area contributed by atoms with E-state index in [0.29, 0.717) is 11.7 Å². The number of carbonyl (C=O) groups is 1. The van der Waals surface area contributed by atoms with Gasteiger partial charge in [-0.1, -0.05) is 23.9 Å². The maximum absolute atomic E-state index is 10.7. The van der Waals surface area contributed by atoms with Gasteiger partial charge in [0.25, 0.3) is 0 Å². The number of carboxylic acid groups (broad SMARTS) is 1. The average molecular weight is 277 g/mol. The first-order valence-electron chi connectivity index (χ1n) is 5.80. The monoisotopic (exact) mass is 277 g/mol. The fourth-order valence-electron chi connectivity index (χ4n) is 1.72. The molecule has 0 saturated heterocycles. The molecule has 19 heavy (non-hydrogen) atoms. The van der Waals surface area contributed by atoms with Gasteiger partial charge in [0.1, 0.15) is 5.52 Å². The van der Waals surface area contributed by atoms with E-state index in [1.165, 1.54) is 11.8 Å². The molecule has 1 N–H and O–H groups in total. The molecule has 0 bridgehead atoms. The number of imidazole rings is 1. The summed E-state index contributed by atoms with van der Waals surface area (Å²) in [7, 11) is 0. The lowest BCUT2D eigenvalue weighted by atomic mass is 10.3. The zero-order chi connectivity index (χ0) is 14.0. The van der Waals surface area contributed by atoms with Gasteiger partial charge in [-0.05, 0) is 26.0 Å². The van der Waals surface area contributed by atoms with Gasteiger partial charge in [0.15, 0.2) is 10.8 Å². The van der Waals surface area contributed by atoms with Gasteiger partial charge in [-0.3, -0.25) is 9.36 Å². The van der Waals surface area contributed by atoms with Crippen molar-refractivity contribution < 1.29 is 9.90 Å². The normalized spacial score (nSPS) is 10.8. The molecule has 2 aromatic rings. The highest BCUT2D eigenvalue weighted by molar-refractivity contribution is 7.99. The number of aliphatic carboxylic acids is 1. The number of hydrogen-bond acceptors (Lipinski definition) is 4. The van der Waals surface area contributed by atoms with Crippen LogP contribution in [0.4, 0.5) is 0 Å². The van der Waals surface area contributed by atoms with Crippen LogP contribution in [0.3, 0.4) is 0 Å². The molecule has 0 fully saturated rings. The maximum atomic E-state index is 10.7. The molecule has 0 saturated carbocycles. The number of hydrogen-bond donors (Lipinski definition) is 1. The van der Waals surface area contributed by atoms with Crippen molar-refractivity contribution in [2.75, 3.05) is 5.75 Å². The van der Waals surface area contributed by atoms with Crippen LogP contribution >= 0.6 is 11.8 Å². The summed E-state index contributed by atoms with van der Waals surface area (Å²) >= 11 is 1.20. The number of aromatic nitrogens is 3. The summed E-state index contributed by atoms with van der Waals surface area (Å²) in [4.78, 5) is 19.6. The highest BCUT2D eigenvalue weighted by Crippen LogP contribution is 2.24. The highest BCUT2D eigenvalue weighted by Gasteiger charge is 2.13. The Kier molecular flexibility index (Phi) is 3.90. The zero-order valence-electron chi connectivity index (χ0n) is 10.9. The molecular formula is C13H15N3O2S. The third-order valence-electron chi connectivity index (χ3n) is 2.45. The molecule has 100 valence electrons. The zero-order valence-corrected chi connectivity index (χ0v) is 11.7. The summed E-state index contributed by atoms with van der Waals surface area (Å²) in [5.74, 6) is -0.874. The van der Waals surface area contributed by atoms with Crippen LogP contribution in [0.25, 0.3) is 11.2 Å². The van der Waals surface area contributed by atoms with Crippen LogP contribution in [0.15, 0.2) is 29.4 Å². The molecule has 0 radical (unpaired) electrons. The molecule has 0 unspecified atom stereocenters. The number of carboxylic acids is 1. The van der Waals surface area contributed by atoms with Crippen molar-refractivity contribution in [2.45, 2.75) is 25.5 Å². The first kappa shape index (κ1) is 13.6. The van der Waals surface area contributed by atoms with Gasteiger partial charge in [-0.25, -0.2) is 9.97 Å². The maximum Gasteiger partial charge on any atom is 0.313 e. The van der Waals surface area contributed by atoms with E-state index in [2.05, 4.69) is 16.5 Å². The number of pyridine rings is 1. The second kappa shape index (κ2) is 5.44. The van der Waals surface area contributed by atoms with Gasteiger partial charge in [-0.15, -0.1) is 0 Å². The number of aryl methyl sites for hydroxylation is 1. The standard InChI is InChI=1S/C13H15N3O2S/c1-8(2)6-16-12-10(5-4-9(3)14-12)15-13(16)19-7-11(17)18/h4-5H,1,6-7H2,2-3H3,(H,17,18). The summed E-state index contributed by atoms with van der Waals surface area (Å²) in [6.07, 6.45) is 0. The van der Waals surface area contributed by atoms with Crippen molar-refractivity contribution in [3.63, 3.8) is 0 Å². The molecule has 0 aromatic carbocycles. The molecule has 0 atom stereocenters. The van der Waals surface area contributed by atoms with Crippen molar-refractivity contribution in [1.29, 1.82) is 0 Å². The fraction of sp³-hybridized carbons (Fsp3) is 0.308. The molecule has 2 heterocycles. The minimum Gasteiger partial charge on any atom is -0.481 e. The minimum absolute atomic E-state index is 0.0154. The Bertz CT molecular complexity index is 649. The van der Waals surface area contributed by atoms with Crippen molar-refractivity contribution in [1.82, 2.24) is 14.5 Å². The minimum atomic E-state index is -0.858. The Morgan fingerprint density at radius 3 is 2.84 bits per heavy atom. The smallest absolute Gasteiger partial charge is 0.313 e. The number of rotatable bonds is 5. The summed E-state index contributed by atoms with van der Waals surface area (Å²) < 4.78 is 1.91. The van der Waals surface area contributed by atoms with E-state index in [4.69, 9.17) is 5.11 Å². The van der Waals surface area contributed by atoms with Gasteiger partial charge in [0.2, 0.25) is 0 Å². The van der Waals surface area contributed by atoms with Crippen LogP contribution in [-0.2, 0) is 11.3 Å². The Morgan fingerprint density at radius 1 is 1.47 bits per heavy atom. The summed E-state index contributed by atoms with van der Waals surface area (Å²) in [5.41, 5.74) is 3.43. The van der Waals surface area contributed by atoms with E-state index in [1.54, 1.807) is 0 Å². The average Bonchev–Trinajstić information content (AvgIpc) is 2.64. The molecule has 0 aliphatic heterocycles. The van der Waals surface area contributed by atoms with Gasteiger partial charge in [0, 0.05) is 12.2 Å². The number of fused-ring (bicyclic) bond motifs is 1. The lowest BCUT2D eigenvalue weighted by molar-refractivity contribution is -0.133. The summed E-state index contributed by atoms with van der Waals surface area (Å²) in [6, 6.07) is 3.80. The van der Waals surface area contributed by atoms with Gasteiger partial charge >= 0.3 is 5.97 Å². The Hall–Kier alpha value is -1.82.